The van der Waals surface area contributed by atoms with Crippen LogP contribution in [0.3, 0.4) is 0 Å². The Morgan fingerprint density at radius 3 is 2.73 bits per heavy atom. The first-order chi connectivity index (χ1) is 12.7. The van der Waals surface area contributed by atoms with Crippen LogP contribution in [0.15, 0.2) is 60.0 Å². The summed E-state index contributed by atoms with van der Waals surface area (Å²) in [6.45, 7) is 0.666. The number of hydrogen-bond acceptors (Lipinski definition) is 5. The molecule has 1 aromatic carbocycles. The first kappa shape index (κ1) is 17.6. The van der Waals surface area contributed by atoms with E-state index in [1.54, 1.807) is 12.4 Å². The summed E-state index contributed by atoms with van der Waals surface area (Å²) in [5.41, 5.74) is 2.62. The van der Waals surface area contributed by atoms with Gasteiger partial charge in [0, 0.05) is 38.3 Å². The number of carbonyl (C=O) groups is 2. The summed E-state index contributed by atoms with van der Waals surface area (Å²) in [4.78, 5) is 33.2. The molecule has 2 heterocycles. The molecular formula is C19H20N4O3. The van der Waals surface area contributed by atoms with Crippen LogP contribution in [0, 0.1) is 0 Å². The number of amides is 2. The summed E-state index contributed by atoms with van der Waals surface area (Å²) >= 11 is 0. The second kappa shape index (κ2) is 8.75. The molecule has 1 unspecified atom stereocenters. The van der Waals surface area contributed by atoms with E-state index in [2.05, 4.69) is 20.8 Å². The molecule has 3 rings (SSSR count). The van der Waals surface area contributed by atoms with E-state index in [0.29, 0.717) is 13.0 Å². The third-order valence-electron chi connectivity index (χ3n) is 3.93. The molecule has 0 saturated carbocycles. The van der Waals surface area contributed by atoms with Gasteiger partial charge in [-0.1, -0.05) is 41.6 Å². The normalized spacial score (nSPS) is 15.7. The van der Waals surface area contributed by atoms with Crippen LogP contribution >= 0.6 is 0 Å². The highest BCUT2D eigenvalue weighted by atomic mass is 16.6. The summed E-state index contributed by atoms with van der Waals surface area (Å²) < 4.78 is 0. The Labute approximate surface area is 151 Å². The van der Waals surface area contributed by atoms with Gasteiger partial charge in [-0.15, -0.1) is 0 Å². The Hall–Kier alpha value is -3.22. The van der Waals surface area contributed by atoms with Gasteiger partial charge in [-0.25, -0.2) is 0 Å². The summed E-state index contributed by atoms with van der Waals surface area (Å²) in [6.07, 6.45) is 3.35. The number of nitrogens with zero attached hydrogens (tertiary/aromatic N) is 2. The predicted octanol–water partition coefficient (Wildman–Crippen LogP) is 1.40. The van der Waals surface area contributed by atoms with Gasteiger partial charge in [-0.2, -0.15) is 0 Å². The SMILES string of the molecule is O=C(CCNC(=O)C1CC(c2ccccc2)=NO1)NCc1cccnc1. The molecule has 1 atom stereocenters. The number of aromatic nitrogens is 1. The van der Waals surface area contributed by atoms with E-state index in [9.17, 15) is 9.59 Å². The Morgan fingerprint density at radius 1 is 1.12 bits per heavy atom. The average Bonchev–Trinajstić information content (AvgIpc) is 3.18. The number of pyridine rings is 1. The maximum absolute atomic E-state index is 12.1. The highest BCUT2D eigenvalue weighted by molar-refractivity contribution is 6.04. The Morgan fingerprint density at radius 2 is 1.96 bits per heavy atom. The third kappa shape index (κ3) is 4.89. The molecule has 0 fully saturated rings. The Kier molecular flexibility index (Phi) is 5.92. The Bertz CT molecular complexity index is 778. The van der Waals surface area contributed by atoms with Crippen molar-refractivity contribution >= 4 is 17.5 Å². The number of nitrogens with one attached hydrogen (secondary N) is 2. The van der Waals surface area contributed by atoms with Crippen LogP contribution in [0.25, 0.3) is 0 Å². The van der Waals surface area contributed by atoms with Gasteiger partial charge in [0.05, 0.1) is 5.71 Å². The van der Waals surface area contributed by atoms with Crippen LogP contribution in [0.2, 0.25) is 0 Å². The molecule has 134 valence electrons. The molecular weight excluding hydrogens is 332 g/mol. The smallest absolute Gasteiger partial charge is 0.264 e. The van der Waals surface area contributed by atoms with E-state index in [-0.39, 0.29) is 24.8 Å². The quantitative estimate of drug-likeness (QED) is 0.788. The number of carbonyl (C=O) groups excluding carboxylic acids is 2. The van der Waals surface area contributed by atoms with E-state index >= 15 is 0 Å². The molecule has 1 aliphatic heterocycles. The lowest BCUT2D eigenvalue weighted by Gasteiger charge is -2.09. The molecule has 26 heavy (non-hydrogen) atoms. The van der Waals surface area contributed by atoms with Gasteiger partial charge in [0.15, 0.2) is 0 Å². The average molecular weight is 352 g/mol. The van der Waals surface area contributed by atoms with Gasteiger partial charge < -0.3 is 15.5 Å². The fourth-order valence-electron chi connectivity index (χ4n) is 2.52. The highest BCUT2D eigenvalue weighted by Gasteiger charge is 2.28. The van der Waals surface area contributed by atoms with Crippen molar-refractivity contribution in [3.05, 3.63) is 66.0 Å². The monoisotopic (exact) mass is 352 g/mol. The van der Waals surface area contributed by atoms with E-state index in [1.165, 1.54) is 0 Å². The number of benzene rings is 1. The number of oxime groups is 1. The zero-order valence-corrected chi connectivity index (χ0v) is 14.2. The topological polar surface area (TPSA) is 92.7 Å². The lowest BCUT2D eigenvalue weighted by molar-refractivity contribution is -0.131. The summed E-state index contributed by atoms with van der Waals surface area (Å²) in [7, 11) is 0. The van der Waals surface area contributed by atoms with Gasteiger partial charge in [0.2, 0.25) is 12.0 Å². The summed E-state index contributed by atoms with van der Waals surface area (Å²) in [5.74, 6) is -0.401. The van der Waals surface area contributed by atoms with Crippen molar-refractivity contribution in [3.63, 3.8) is 0 Å². The number of rotatable bonds is 7. The summed E-state index contributed by atoms with van der Waals surface area (Å²) in [6, 6.07) is 13.3. The van der Waals surface area contributed by atoms with Gasteiger partial charge in [-0.3, -0.25) is 14.6 Å². The van der Waals surface area contributed by atoms with Crippen LogP contribution in [-0.4, -0.2) is 35.2 Å². The third-order valence-corrected chi connectivity index (χ3v) is 3.93. The molecule has 0 spiro atoms. The molecule has 2 amide bonds. The fraction of sp³-hybridized carbons (Fsp3) is 0.263. The van der Waals surface area contributed by atoms with Crippen molar-refractivity contribution in [1.82, 2.24) is 15.6 Å². The van der Waals surface area contributed by atoms with Crippen LogP contribution in [0.5, 0.6) is 0 Å². The second-order valence-electron chi connectivity index (χ2n) is 5.88. The van der Waals surface area contributed by atoms with Crippen molar-refractivity contribution in [1.29, 1.82) is 0 Å². The molecule has 0 bridgehead atoms. The molecule has 0 saturated heterocycles. The van der Waals surface area contributed by atoms with Crippen LogP contribution in [0.4, 0.5) is 0 Å². The lowest BCUT2D eigenvalue weighted by Crippen LogP contribution is -2.37. The molecule has 7 heteroatoms. The minimum Gasteiger partial charge on any atom is -0.382 e. The zero-order chi connectivity index (χ0) is 18.2. The maximum Gasteiger partial charge on any atom is 0.264 e. The highest BCUT2D eigenvalue weighted by Crippen LogP contribution is 2.16. The van der Waals surface area contributed by atoms with E-state index in [4.69, 9.17) is 4.84 Å². The first-order valence-corrected chi connectivity index (χ1v) is 8.44. The van der Waals surface area contributed by atoms with E-state index < -0.39 is 6.10 Å². The molecule has 0 aliphatic carbocycles. The number of hydrogen-bond donors (Lipinski definition) is 2. The lowest BCUT2D eigenvalue weighted by atomic mass is 10.0. The van der Waals surface area contributed by atoms with Crippen molar-refractivity contribution in [2.75, 3.05) is 6.54 Å². The minimum atomic E-state index is -0.649. The van der Waals surface area contributed by atoms with Gasteiger partial charge in [0.25, 0.3) is 5.91 Å². The molecule has 2 aromatic rings. The van der Waals surface area contributed by atoms with Crippen molar-refractivity contribution < 1.29 is 14.4 Å². The predicted molar refractivity (Wildman–Crippen MR) is 96.2 cm³/mol. The fourth-order valence-corrected chi connectivity index (χ4v) is 2.52. The largest absolute Gasteiger partial charge is 0.382 e. The first-order valence-electron chi connectivity index (χ1n) is 8.44. The standard InChI is InChI=1S/C19H20N4O3/c24-18(22-13-14-5-4-9-20-12-14)8-10-21-19(25)17-11-16(23-26-17)15-6-2-1-3-7-15/h1-7,9,12,17H,8,10-11,13H2,(H,21,25)(H,22,24). The second-order valence-corrected chi connectivity index (χ2v) is 5.88. The summed E-state index contributed by atoms with van der Waals surface area (Å²) in [5, 5.41) is 9.49. The molecule has 7 nitrogen and oxygen atoms in total. The van der Waals surface area contributed by atoms with E-state index in [1.807, 2.05) is 42.5 Å². The molecule has 2 N–H and O–H groups in total. The minimum absolute atomic E-state index is 0.136. The maximum atomic E-state index is 12.1. The van der Waals surface area contributed by atoms with Gasteiger partial charge >= 0.3 is 0 Å². The van der Waals surface area contributed by atoms with Crippen molar-refractivity contribution in [3.8, 4) is 0 Å². The van der Waals surface area contributed by atoms with Gasteiger partial charge in [-0.05, 0) is 17.2 Å². The van der Waals surface area contributed by atoms with Crippen LogP contribution in [-0.2, 0) is 21.0 Å². The molecule has 0 radical (unpaired) electrons. The molecule has 1 aromatic heterocycles. The Balaban J connectivity index is 1.35. The van der Waals surface area contributed by atoms with Gasteiger partial charge in [0.1, 0.15) is 0 Å². The van der Waals surface area contributed by atoms with Crippen molar-refractivity contribution in [2.45, 2.75) is 25.5 Å². The molecule has 1 aliphatic rings. The van der Waals surface area contributed by atoms with Crippen LogP contribution < -0.4 is 10.6 Å². The van der Waals surface area contributed by atoms with Crippen molar-refractivity contribution in [2.24, 2.45) is 5.16 Å². The zero-order valence-electron chi connectivity index (χ0n) is 14.2. The van der Waals surface area contributed by atoms with E-state index in [0.717, 1.165) is 16.8 Å². The van der Waals surface area contributed by atoms with Crippen LogP contribution in [0.1, 0.15) is 24.0 Å².